The maximum Gasteiger partial charge on any atom is 0.307 e. The molecule has 0 bridgehead atoms. The van der Waals surface area contributed by atoms with Crippen LogP contribution in [0.15, 0.2) is 18.2 Å². The summed E-state index contributed by atoms with van der Waals surface area (Å²) in [5.74, 6) is -1.13. The minimum atomic E-state index is -0.689. The van der Waals surface area contributed by atoms with Crippen molar-refractivity contribution in [3.05, 3.63) is 33.9 Å². The van der Waals surface area contributed by atoms with Crippen LogP contribution in [0.5, 0.6) is 0 Å². The fourth-order valence-corrected chi connectivity index (χ4v) is 1.39. The van der Waals surface area contributed by atoms with Crippen molar-refractivity contribution >= 4 is 23.3 Å². The van der Waals surface area contributed by atoms with Gasteiger partial charge in [0.25, 0.3) is 5.69 Å². The number of anilines is 1. The second kappa shape index (κ2) is 6.34. The number of carbonyl (C=O) groups excluding carboxylic acids is 2. The maximum absolute atomic E-state index is 11.0. The number of esters is 1. The molecule has 0 fully saturated rings. The van der Waals surface area contributed by atoms with Gasteiger partial charge in [0.15, 0.2) is 0 Å². The van der Waals surface area contributed by atoms with Crippen LogP contribution in [0.4, 0.5) is 11.4 Å². The number of primary amides is 1. The average Bonchev–Trinajstić information content (AvgIpc) is 2.37. The van der Waals surface area contributed by atoms with Gasteiger partial charge in [-0.05, 0) is 12.1 Å². The first-order valence-corrected chi connectivity index (χ1v) is 5.34. The van der Waals surface area contributed by atoms with E-state index in [1.807, 2.05) is 0 Å². The molecule has 3 N–H and O–H groups in total. The van der Waals surface area contributed by atoms with Gasteiger partial charge in [0.2, 0.25) is 5.91 Å². The van der Waals surface area contributed by atoms with E-state index >= 15 is 0 Å². The van der Waals surface area contributed by atoms with Crippen LogP contribution >= 0.6 is 0 Å². The Morgan fingerprint density at radius 2 is 2.16 bits per heavy atom. The predicted octanol–water partition coefficient (Wildman–Crippen LogP) is 0.669. The van der Waals surface area contributed by atoms with Crippen molar-refractivity contribution in [2.75, 3.05) is 19.0 Å². The van der Waals surface area contributed by atoms with Crippen molar-refractivity contribution in [3.63, 3.8) is 0 Å². The predicted molar refractivity (Wildman–Crippen MR) is 66.7 cm³/mol. The molecule has 0 heterocycles. The molecule has 0 unspecified atom stereocenters. The van der Waals surface area contributed by atoms with E-state index in [-0.39, 0.29) is 29.9 Å². The van der Waals surface area contributed by atoms with Crippen LogP contribution in [-0.2, 0) is 9.53 Å². The third kappa shape index (κ3) is 3.95. The number of carbonyl (C=O) groups is 2. The van der Waals surface area contributed by atoms with Gasteiger partial charge in [-0.2, -0.15) is 0 Å². The number of ether oxygens (including phenoxy) is 1. The highest BCUT2D eigenvalue weighted by molar-refractivity contribution is 5.94. The molecule has 8 nitrogen and oxygen atoms in total. The van der Waals surface area contributed by atoms with E-state index in [2.05, 4.69) is 10.1 Å². The van der Waals surface area contributed by atoms with Crippen LogP contribution in [0.25, 0.3) is 0 Å². The summed E-state index contributed by atoms with van der Waals surface area (Å²) < 4.78 is 4.44. The number of rotatable bonds is 6. The van der Waals surface area contributed by atoms with Gasteiger partial charge in [-0.1, -0.05) is 0 Å². The number of amides is 1. The number of benzene rings is 1. The van der Waals surface area contributed by atoms with Gasteiger partial charge in [0.1, 0.15) is 5.69 Å². The van der Waals surface area contributed by atoms with Crippen LogP contribution in [0, 0.1) is 10.1 Å². The van der Waals surface area contributed by atoms with Crippen LogP contribution in [0.1, 0.15) is 16.8 Å². The van der Waals surface area contributed by atoms with E-state index in [9.17, 15) is 19.7 Å². The van der Waals surface area contributed by atoms with Gasteiger partial charge in [-0.3, -0.25) is 19.7 Å². The lowest BCUT2D eigenvalue weighted by molar-refractivity contribution is -0.384. The lowest BCUT2D eigenvalue weighted by Gasteiger charge is -2.07. The summed E-state index contributed by atoms with van der Waals surface area (Å²) >= 11 is 0. The molecule has 1 rings (SSSR count). The number of nitrogens with one attached hydrogen (secondary N) is 1. The van der Waals surface area contributed by atoms with Crippen LogP contribution in [0.3, 0.4) is 0 Å². The van der Waals surface area contributed by atoms with Gasteiger partial charge >= 0.3 is 5.97 Å². The fraction of sp³-hybridized carbons (Fsp3) is 0.273. The smallest absolute Gasteiger partial charge is 0.307 e. The fourth-order valence-electron chi connectivity index (χ4n) is 1.39. The normalized spacial score (nSPS) is 9.74. The number of nitro groups is 1. The summed E-state index contributed by atoms with van der Waals surface area (Å²) in [6.07, 6.45) is 0.0501. The molecule has 0 saturated heterocycles. The highest BCUT2D eigenvalue weighted by atomic mass is 16.6. The molecule has 0 aliphatic heterocycles. The van der Waals surface area contributed by atoms with Gasteiger partial charge in [0.05, 0.1) is 18.5 Å². The van der Waals surface area contributed by atoms with Gasteiger partial charge in [-0.25, -0.2) is 0 Å². The quantitative estimate of drug-likeness (QED) is 0.443. The third-order valence-corrected chi connectivity index (χ3v) is 2.35. The summed E-state index contributed by atoms with van der Waals surface area (Å²) in [6.45, 7) is 0.149. The molecule has 102 valence electrons. The van der Waals surface area contributed by atoms with Crippen molar-refractivity contribution in [2.24, 2.45) is 5.73 Å². The first kappa shape index (κ1) is 14.4. The highest BCUT2D eigenvalue weighted by Gasteiger charge is 2.15. The molecule has 1 amide bonds. The molecule has 1 aromatic carbocycles. The molecule has 0 aliphatic carbocycles. The van der Waals surface area contributed by atoms with Crippen molar-refractivity contribution in [1.82, 2.24) is 0 Å². The maximum atomic E-state index is 11.0. The lowest BCUT2D eigenvalue weighted by Crippen LogP contribution is -2.14. The molecule has 0 aliphatic rings. The first-order valence-electron chi connectivity index (χ1n) is 5.34. The molecule has 19 heavy (non-hydrogen) atoms. The Morgan fingerprint density at radius 3 is 2.68 bits per heavy atom. The topological polar surface area (TPSA) is 125 Å². The Balaban J connectivity index is 2.88. The number of hydrogen-bond donors (Lipinski definition) is 2. The Labute approximate surface area is 108 Å². The Morgan fingerprint density at radius 1 is 1.47 bits per heavy atom. The summed E-state index contributed by atoms with van der Waals surface area (Å²) in [7, 11) is 1.25. The van der Waals surface area contributed by atoms with E-state index in [1.165, 1.54) is 25.3 Å². The Kier molecular flexibility index (Phi) is 4.81. The molecule has 0 radical (unpaired) electrons. The molecular formula is C11H13N3O5. The summed E-state index contributed by atoms with van der Waals surface area (Å²) in [4.78, 5) is 32.2. The van der Waals surface area contributed by atoms with Crippen LogP contribution in [-0.4, -0.2) is 30.5 Å². The summed E-state index contributed by atoms with van der Waals surface area (Å²) in [5, 5.41) is 13.5. The molecule has 1 aromatic rings. The molecular weight excluding hydrogens is 254 g/mol. The minimum Gasteiger partial charge on any atom is -0.469 e. The van der Waals surface area contributed by atoms with Crippen molar-refractivity contribution in [1.29, 1.82) is 0 Å². The zero-order chi connectivity index (χ0) is 14.4. The molecule has 0 spiro atoms. The van der Waals surface area contributed by atoms with Crippen molar-refractivity contribution in [2.45, 2.75) is 6.42 Å². The standard InChI is InChI=1S/C11H13N3O5/c1-19-10(15)4-5-13-8-6-7(11(12)16)2-3-9(8)14(17)18/h2-3,6,13H,4-5H2,1H3,(H2,12,16). The van der Waals surface area contributed by atoms with Crippen LogP contribution < -0.4 is 11.1 Å². The second-order valence-corrected chi connectivity index (χ2v) is 3.61. The Bertz CT molecular complexity index is 515. The van der Waals surface area contributed by atoms with Gasteiger partial charge in [0, 0.05) is 18.2 Å². The second-order valence-electron chi connectivity index (χ2n) is 3.61. The van der Waals surface area contributed by atoms with Crippen LogP contribution in [0.2, 0.25) is 0 Å². The molecule has 0 atom stereocenters. The number of hydrogen-bond acceptors (Lipinski definition) is 6. The molecule has 0 aromatic heterocycles. The van der Waals surface area contributed by atoms with Gasteiger partial charge in [-0.15, -0.1) is 0 Å². The van der Waals surface area contributed by atoms with E-state index in [0.717, 1.165) is 0 Å². The SMILES string of the molecule is COC(=O)CCNc1cc(C(N)=O)ccc1[N+](=O)[O-]. The monoisotopic (exact) mass is 267 g/mol. The zero-order valence-corrected chi connectivity index (χ0v) is 10.2. The first-order chi connectivity index (χ1) is 8.95. The van der Waals surface area contributed by atoms with E-state index in [4.69, 9.17) is 5.73 Å². The summed E-state index contributed by atoms with van der Waals surface area (Å²) in [6, 6.07) is 3.73. The Hall–Kier alpha value is -2.64. The number of nitro benzene ring substituents is 1. The highest BCUT2D eigenvalue weighted by Crippen LogP contribution is 2.25. The largest absolute Gasteiger partial charge is 0.469 e. The van der Waals surface area contributed by atoms with E-state index in [0.29, 0.717) is 0 Å². The van der Waals surface area contributed by atoms with Crippen molar-refractivity contribution in [3.8, 4) is 0 Å². The third-order valence-electron chi connectivity index (χ3n) is 2.35. The number of nitrogens with two attached hydrogens (primary N) is 1. The van der Waals surface area contributed by atoms with E-state index < -0.39 is 16.8 Å². The number of methoxy groups -OCH3 is 1. The van der Waals surface area contributed by atoms with Gasteiger partial charge < -0.3 is 15.8 Å². The molecule has 0 saturated carbocycles. The zero-order valence-electron chi connectivity index (χ0n) is 10.2. The summed E-state index contributed by atoms with van der Waals surface area (Å²) in [5.41, 5.74) is 5.17. The lowest BCUT2D eigenvalue weighted by atomic mass is 10.1. The van der Waals surface area contributed by atoms with Crippen molar-refractivity contribution < 1.29 is 19.2 Å². The van der Waals surface area contributed by atoms with E-state index in [1.54, 1.807) is 0 Å². The number of nitrogens with zero attached hydrogens (tertiary/aromatic N) is 1. The minimum absolute atomic E-state index is 0.0501. The molecule has 8 heteroatoms. The average molecular weight is 267 g/mol.